The minimum Gasteiger partial charge on any atom is -0.493 e. The summed E-state index contributed by atoms with van der Waals surface area (Å²) in [6.07, 6.45) is 1.64. The Morgan fingerprint density at radius 1 is 0.941 bits per heavy atom. The van der Waals surface area contributed by atoms with Gasteiger partial charge in [-0.3, -0.25) is 9.59 Å². The molecule has 7 nitrogen and oxygen atoms in total. The van der Waals surface area contributed by atoms with Crippen LogP contribution in [0.1, 0.15) is 24.8 Å². The van der Waals surface area contributed by atoms with E-state index in [0.717, 1.165) is 5.75 Å². The van der Waals surface area contributed by atoms with Crippen molar-refractivity contribution in [1.82, 2.24) is 9.80 Å². The number of hydrogen-bond acceptors (Lipinski definition) is 5. The molecule has 34 heavy (non-hydrogen) atoms. The molecule has 178 valence electrons. The van der Waals surface area contributed by atoms with Crippen LogP contribution in [0.3, 0.4) is 0 Å². The van der Waals surface area contributed by atoms with Gasteiger partial charge in [0.2, 0.25) is 11.8 Å². The number of piperazine rings is 1. The van der Waals surface area contributed by atoms with Crippen molar-refractivity contribution >= 4 is 17.5 Å². The van der Waals surface area contributed by atoms with Gasteiger partial charge in [-0.1, -0.05) is 24.3 Å². The molecule has 0 radical (unpaired) electrons. The maximum absolute atomic E-state index is 13.9. The van der Waals surface area contributed by atoms with Gasteiger partial charge < -0.3 is 19.4 Å². The Hall–Kier alpha value is -3.60. The van der Waals surface area contributed by atoms with Crippen molar-refractivity contribution < 1.29 is 18.7 Å². The van der Waals surface area contributed by atoms with Crippen molar-refractivity contribution in [3.63, 3.8) is 0 Å². The molecule has 0 saturated carbocycles. The first-order chi connectivity index (χ1) is 16.6. The van der Waals surface area contributed by atoms with Crippen molar-refractivity contribution in [2.24, 2.45) is 5.92 Å². The van der Waals surface area contributed by atoms with Gasteiger partial charge in [0.25, 0.3) is 0 Å². The predicted molar refractivity (Wildman–Crippen MR) is 126 cm³/mol. The number of amides is 2. The largest absolute Gasteiger partial charge is 0.493 e. The Kier molecular flexibility index (Phi) is 7.63. The molecule has 0 N–H and O–H groups in total. The van der Waals surface area contributed by atoms with Crippen LogP contribution in [0, 0.1) is 23.1 Å². The van der Waals surface area contributed by atoms with Crippen LogP contribution in [0.25, 0.3) is 0 Å². The van der Waals surface area contributed by atoms with Crippen LogP contribution in [0.15, 0.2) is 48.5 Å². The van der Waals surface area contributed by atoms with Gasteiger partial charge in [-0.2, -0.15) is 5.26 Å². The van der Waals surface area contributed by atoms with Crippen LogP contribution in [-0.2, 0) is 9.59 Å². The van der Waals surface area contributed by atoms with E-state index in [0.29, 0.717) is 70.8 Å². The Bertz CT molecular complexity index is 1040. The lowest BCUT2D eigenvalue weighted by Gasteiger charge is -2.39. The van der Waals surface area contributed by atoms with Gasteiger partial charge in [-0.05, 0) is 37.1 Å². The lowest BCUT2D eigenvalue weighted by molar-refractivity contribution is -0.141. The van der Waals surface area contributed by atoms with Crippen molar-refractivity contribution in [1.29, 1.82) is 5.26 Å². The molecule has 2 aromatic rings. The van der Waals surface area contributed by atoms with E-state index < -0.39 is 5.82 Å². The second-order valence-corrected chi connectivity index (χ2v) is 8.62. The standard InChI is InChI=1S/C26H29FN4O3/c27-23-7-4-8-24(22(23)19-28)29-14-16-31(17-15-29)26(33)20-9-12-30(13-10-20)25(32)11-18-34-21-5-2-1-3-6-21/h1-8,20H,9-18H2. The Morgan fingerprint density at radius 2 is 1.65 bits per heavy atom. The van der Waals surface area contributed by atoms with Gasteiger partial charge in [0.05, 0.1) is 18.7 Å². The summed E-state index contributed by atoms with van der Waals surface area (Å²) in [5, 5.41) is 9.28. The molecular weight excluding hydrogens is 435 g/mol. The minimum atomic E-state index is -0.522. The number of carbonyl (C=O) groups is 2. The monoisotopic (exact) mass is 464 g/mol. The van der Waals surface area contributed by atoms with E-state index in [1.54, 1.807) is 12.1 Å². The zero-order chi connectivity index (χ0) is 23.9. The van der Waals surface area contributed by atoms with Gasteiger partial charge in [0.1, 0.15) is 23.2 Å². The van der Waals surface area contributed by atoms with Crippen LogP contribution >= 0.6 is 0 Å². The first kappa shape index (κ1) is 23.6. The molecule has 8 heteroatoms. The number of piperidine rings is 1. The molecule has 2 aliphatic heterocycles. The summed E-state index contributed by atoms with van der Waals surface area (Å²) < 4.78 is 19.6. The topological polar surface area (TPSA) is 76.9 Å². The maximum atomic E-state index is 13.9. The van der Waals surface area contributed by atoms with Gasteiger partial charge in [0, 0.05) is 45.2 Å². The third-order valence-electron chi connectivity index (χ3n) is 6.56. The molecule has 2 aromatic carbocycles. The molecule has 2 amide bonds. The molecule has 0 unspecified atom stereocenters. The molecule has 2 heterocycles. The predicted octanol–water partition coefficient (Wildman–Crippen LogP) is 3.05. The SMILES string of the molecule is N#Cc1c(F)cccc1N1CCN(C(=O)C2CCN(C(=O)CCOc3ccccc3)CC2)CC1. The number of para-hydroxylation sites is 1. The highest BCUT2D eigenvalue weighted by Crippen LogP contribution is 2.25. The van der Waals surface area contributed by atoms with Crippen LogP contribution in [-0.4, -0.2) is 67.5 Å². The molecular formula is C26H29FN4O3. The van der Waals surface area contributed by atoms with E-state index in [2.05, 4.69) is 0 Å². The first-order valence-electron chi connectivity index (χ1n) is 11.7. The summed E-state index contributed by atoms with van der Waals surface area (Å²) in [4.78, 5) is 31.2. The van der Waals surface area contributed by atoms with Gasteiger partial charge in [0.15, 0.2) is 0 Å². The summed E-state index contributed by atoms with van der Waals surface area (Å²) in [5.41, 5.74) is 0.631. The summed E-state index contributed by atoms with van der Waals surface area (Å²) in [6.45, 7) is 3.69. The highest BCUT2D eigenvalue weighted by molar-refractivity contribution is 5.80. The molecule has 0 aliphatic carbocycles. The van der Waals surface area contributed by atoms with Crippen LogP contribution < -0.4 is 9.64 Å². The zero-order valence-corrected chi connectivity index (χ0v) is 19.2. The highest BCUT2D eigenvalue weighted by atomic mass is 19.1. The number of nitrogens with zero attached hydrogens (tertiary/aromatic N) is 4. The van der Waals surface area contributed by atoms with Crippen LogP contribution in [0.2, 0.25) is 0 Å². The summed E-state index contributed by atoms with van der Waals surface area (Å²) >= 11 is 0. The number of halogens is 1. The summed E-state index contributed by atoms with van der Waals surface area (Å²) in [7, 11) is 0. The number of ether oxygens (including phenoxy) is 1. The number of hydrogen-bond donors (Lipinski definition) is 0. The number of nitriles is 1. The molecule has 2 fully saturated rings. The fourth-order valence-electron chi connectivity index (χ4n) is 4.62. The van der Waals surface area contributed by atoms with E-state index in [4.69, 9.17) is 4.74 Å². The van der Waals surface area contributed by atoms with E-state index in [-0.39, 0.29) is 23.3 Å². The second kappa shape index (κ2) is 11.0. The quantitative estimate of drug-likeness (QED) is 0.657. The van der Waals surface area contributed by atoms with E-state index in [1.807, 2.05) is 51.1 Å². The highest BCUT2D eigenvalue weighted by Gasteiger charge is 2.32. The number of benzene rings is 2. The third-order valence-corrected chi connectivity index (χ3v) is 6.56. The number of carbonyl (C=O) groups excluding carboxylic acids is 2. The number of anilines is 1. The van der Waals surface area contributed by atoms with E-state index in [1.165, 1.54) is 6.07 Å². The summed E-state index contributed by atoms with van der Waals surface area (Å²) in [5.74, 6) is 0.324. The zero-order valence-electron chi connectivity index (χ0n) is 19.2. The van der Waals surface area contributed by atoms with E-state index >= 15 is 0 Å². The average molecular weight is 465 g/mol. The second-order valence-electron chi connectivity index (χ2n) is 8.62. The third kappa shape index (κ3) is 5.48. The lowest BCUT2D eigenvalue weighted by atomic mass is 9.94. The van der Waals surface area contributed by atoms with Gasteiger partial charge in [-0.25, -0.2) is 4.39 Å². The normalized spacial score (nSPS) is 16.8. The van der Waals surface area contributed by atoms with Gasteiger partial charge >= 0.3 is 0 Å². The number of likely N-dealkylation sites (tertiary alicyclic amines) is 1. The summed E-state index contributed by atoms with van der Waals surface area (Å²) in [6, 6.07) is 16.0. The lowest BCUT2D eigenvalue weighted by Crippen LogP contribution is -2.52. The molecule has 0 spiro atoms. The van der Waals surface area contributed by atoms with Crippen LogP contribution in [0.4, 0.5) is 10.1 Å². The average Bonchev–Trinajstić information content (AvgIpc) is 2.89. The van der Waals surface area contributed by atoms with Gasteiger partial charge in [-0.15, -0.1) is 0 Å². The minimum absolute atomic E-state index is 0.0495. The Balaban J connectivity index is 1.21. The first-order valence-corrected chi connectivity index (χ1v) is 11.7. The molecule has 0 atom stereocenters. The maximum Gasteiger partial charge on any atom is 0.225 e. The van der Waals surface area contributed by atoms with Crippen LogP contribution in [0.5, 0.6) is 5.75 Å². The molecule has 2 aliphatic rings. The smallest absolute Gasteiger partial charge is 0.225 e. The fourth-order valence-corrected chi connectivity index (χ4v) is 4.62. The number of rotatable bonds is 6. The van der Waals surface area contributed by atoms with Crippen molar-refractivity contribution in [3.8, 4) is 11.8 Å². The molecule has 0 aromatic heterocycles. The molecule has 2 saturated heterocycles. The fraction of sp³-hybridized carbons (Fsp3) is 0.423. The Labute approximate surface area is 199 Å². The van der Waals surface area contributed by atoms with Crippen molar-refractivity contribution in [2.45, 2.75) is 19.3 Å². The van der Waals surface area contributed by atoms with Crippen molar-refractivity contribution in [3.05, 3.63) is 59.9 Å². The molecule has 0 bridgehead atoms. The van der Waals surface area contributed by atoms with E-state index in [9.17, 15) is 19.2 Å². The molecule has 4 rings (SSSR count). The Morgan fingerprint density at radius 3 is 2.32 bits per heavy atom. The van der Waals surface area contributed by atoms with Crippen molar-refractivity contribution in [2.75, 3.05) is 50.8 Å².